The largest absolute Gasteiger partial charge is 0.508 e. The zero-order chi connectivity index (χ0) is 18.6. The first-order valence-corrected chi connectivity index (χ1v) is 8.41. The Labute approximate surface area is 147 Å². The van der Waals surface area contributed by atoms with Crippen LogP contribution in [0.4, 0.5) is 0 Å². The molecule has 132 valence electrons. The predicted molar refractivity (Wildman–Crippen MR) is 99.6 cm³/mol. The minimum absolute atomic E-state index is 0.0761. The standard InChI is InChI=1S/C20H25N3O2/c1-19(2,3)12-9-14(20(4,5)6)18(25)17(10-12)23-21-15-8-7-13(24)11-16(15)22-23/h7-11,24-25H,1-6H3. The van der Waals surface area contributed by atoms with Crippen molar-refractivity contribution in [3.63, 3.8) is 0 Å². The number of phenols is 2. The number of hydrogen-bond acceptors (Lipinski definition) is 4. The van der Waals surface area contributed by atoms with Crippen molar-refractivity contribution < 1.29 is 10.2 Å². The number of rotatable bonds is 1. The highest BCUT2D eigenvalue weighted by molar-refractivity contribution is 5.75. The zero-order valence-corrected chi connectivity index (χ0v) is 15.6. The summed E-state index contributed by atoms with van der Waals surface area (Å²) >= 11 is 0. The fourth-order valence-corrected chi connectivity index (χ4v) is 2.79. The van der Waals surface area contributed by atoms with Gasteiger partial charge in [-0.25, -0.2) is 0 Å². The zero-order valence-electron chi connectivity index (χ0n) is 15.6. The first kappa shape index (κ1) is 17.3. The molecule has 0 saturated heterocycles. The van der Waals surface area contributed by atoms with Crippen LogP contribution >= 0.6 is 0 Å². The van der Waals surface area contributed by atoms with Gasteiger partial charge in [0.05, 0.1) is 0 Å². The molecule has 0 aliphatic rings. The number of fused-ring (bicyclic) bond motifs is 1. The fraction of sp³-hybridized carbons (Fsp3) is 0.400. The van der Waals surface area contributed by atoms with Gasteiger partial charge in [-0.3, -0.25) is 0 Å². The van der Waals surface area contributed by atoms with Crippen LogP contribution in [0.2, 0.25) is 0 Å². The molecule has 5 nitrogen and oxygen atoms in total. The summed E-state index contributed by atoms with van der Waals surface area (Å²) in [5.41, 5.74) is 3.47. The molecule has 0 amide bonds. The molecular formula is C20H25N3O2. The predicted octanol–water partition coefficient (Wildman–Crippen LogP) is 4.43. The minimum Gasteiger partial charge on any atom is -0.508 e. The molecule has 3 aromatic rings. The number of aromatic nitrogens is 3. The molecule has 0 atom stereocenters. The number of benzene rings is 2. The normalized spacial score (nSPS) is 12.7. The van der Waals surface area contributed by atoms with E-state index < -0.39 is 0 Å². The van der Waals surface area contributed by atoms with Crippen molar-refractivity contribution in [2.24, 2.45) is 0 Å². The van der Waals surface area contributed by atoms with Gasteiger partial charge in [0.15, 0.2) is 0 Å². The van der Waals surface area contributed by atoms with E-state index in [9.17, 15) is 10.2 Å². The van der Waals surface area contributed by atoms with Gasteiger partial charge in [-0.05, 0) is 34.6 Å². The van der Waals surface area contributed by atoms with E-state index in [1.165, 1.54) is 4.80 Å². The molecule has 0 unspecified atom stereocenters. The smallest absolute Gasteiger partial charge is 0.146 e. The first-order chi connectivity index (χ1) is 11.5. The average molecular weight is 339 g/mol. The van der Waals surface area contributed by atoms with E-state index in [-0.39, 0.29) is 22.3 Å². The van der Waals surface area contributed by atoms with Crippen molar-refractivity contribution in [2.75, 3.05) is 0 Å². The van der Waals surface area contributed by atoms with E-state index in [4.69, 9.17) is 0 Å². The summed E-state index contributed by atoms with van der Waals surface area (Å²) in [6.07, 6.45) is 0. The summed E-state index contributed by atoms with van der Waals surface area (Å²) in [4.78, 5) is 1.45. The molecule has 0 saturated carbocycles. The third-order valence-electron chi connectivity index (χ3n) is 4.34. The van der Waals surface area contributed by atoms with Crippen molar-refractivity contribution in [3.8, 4) is 17.2 Å². The van der Waals surface area contributed by atoms with E-state index in [0.717, 1.165) is 11.1 Å². The van der Waals surface area contributed by atoms with Gasteiger partial charge in [-0.2, -0.15) is 0 Å². The second-order valence-electron chi connectivity index (χ2n) is 8.55. The fourth-order valence-electron chi connectivity index (χ4n) is 2.79. The van der Waals surface area contributed by atoms with E-state index in [0.29, 0.717) is 16.7 Å². The molecule has 0 aliphatic carbocycles. The Morgan fingerprint density at radius 1 is 0.800 bits per heavy atom. The third-order valence-corrected chi connectivity index (χ3v) is 4.34. The Morgan fingerprint density at radius 3 is 2.04 bits per heavy atom. The van der Waals surface area contributed by atoms with Crippen LogP contribution in [0, 0.1) is 0 Å². The molecule has 2 aromatic carbocycles. The maximum atomic E-state index is 10.9. The summed E-state index contributed by atoms with van der Waals surface area (Å²) in [5.74, 6) is 0.327. The highest BCUT2D eigenvalue weighted by atomic mass is 16.3. The van der Waals surface area contributed by atoms with Crippen LogP contribution in [0.1, 0.15) is 52.7 Å². The van der Waals surface area contributed by atoms with Crippen molar-refractivity contribution in [3.05, 3.63) is 41.5 Å². The molecule has 1 aromatic heterocycles. The average Bonchev–Trinajstić information content (AvgIpc) is 2.87. The van der Waals surface area contributed by atoms with Gasteiger partial charge >= 0.3 is 0 Å². The van der Waals surface area contributed by atoms with E-state index in [1.54, 1.807) is 18.2 Å². The van der Waals surface area contributed by atoms with E-state index in [2.05, 4.69) is 57.8 Å². The number of phenolic OH excluding ortho intramolecular Hbond substituents is 2. The Morgan fingerprint density at radius 2 is 1.44 bits per heavy atom. The third kappa shape index (κ3) is 3.18. The lowest BCUT2D eigenvalue weighted by molar-refractivity contribution is 0.438. The molecule has 3 rings (SSSR count). The van der Waals surface area contributed by atoms with Crippen molar-refractivity contribution >= 4 is 11.0 Å². The minimum atomic E-state index is -0.217. The van der Waals surface area contributed by atoms with Gasteiger partial charge in [-0.1, -0.05) is 47.6 Å². The summed E-state index contributed by atoms with van der Waals surface area (Å²) < 4.78 is 0. The number of hydrogen-bond donors (Lipinski definition) is 2. The Kier molecular flexibility index (Phi) is 3.78. The lowest BCUT2D eigenvalue weighted by atomic mass is 9.80. The Hall–Kier alpha value is -2.56. The van der Waals surface area contributed by atoms with Crippen molar-refractivity contribution in [1.29, 1.82) is 0 Å². The molecule has 0 bridgehead atoms. The maximum Gasteiger partial charge on any atom is 0.146 e. The van der Waals surface area contributed by atoms with Gasteiger partial charge < -0.3 is 10.2 Å². The van der Waals surface area contributed by atoms with Crippen LogP contribution in [0.3, 0.4) is 0 Å². The monoisotopic (exact) mass is 339 g/mol. The maximum absolute atomic E-state index is 10.9. The van der Waals surface area contributed by atoms with Gasteiger partial charge in [0.25, 0.3) is 0 Å². The van der Waals surface area contributed by atoms with Gasteiger partial charge in [-0.15, -0.1) is 15.0 Å². The van der Waals surface area contributed by atoms with Crippen LogP contribution in [-0.4, -0.2) is 25.2 Å². The molecule has 25 heavy (non-hydrogen) atoms. The molecule has 0 radical (unpaired) electrons. The first-order valence-electron chi connectivity index (χ1n) is 8.41. The van der Waals surface area contributed by atoms with Gasteiger partial charge in [0, 0.05) is 11.6 Å². The van der Waals surface area contributed by atoms with E-state index in [1.807, 2.05) is 6.07 Å². The summed E-state index contributed by atoms with van der Waals surface area (Å²) in [6.45, 7) is 12.6. The van der Waals surface area contributed by atoms with Gasteiger partial charge in [0.1, 0.15) is 28.2 Å². The second kappa shape index (κ2) is 5.48. The molecule has 2 N–H and O–H groups in total. The van der Waals surface area contributed by atoms with Crippen molar-refractivity contribution in [2.45, 2.75) is 52.4 Å². The van der Waals surface area contributed by atoms with Crippen LogP contribution in [-0.2, 0) is 10.8 Å². The molecule has 1 heterocycles. The number of nitrogens with zero attached hydrogens (tertiary/aromatic N) is 3. The lowest BCUT2D eigenvalue weighted by Crippen LogP contribution is -2.18. The summed E-state index contributed by atoms with van der Waals surface area (Å²) in [6, 6.07) is 8.85. The molecule has 0 spiro atoms. The Bertz CT molecular complexity index is 944. The molecular weight excluding hydrogens is 314 g/mol. The topological polar surface area (TPSA) is 71.2 Å². The summed E-state index contributed by atoms with van der Waals surface area (Å²) in [7, 11) is 0. The number of aromatic hydroxyl groups is 2. The molecule has 0 aliphatic heterocycles. The molecule has 0 fully saturated rings. The highest BCUT2D eigenvalue weighted by Gasteiger charge is 2.26. The van der Waals surface area contributed by atoms with E-state index >= 15 is 0 Å². The lowest BCUT2D eigenvalue weighted by Gasteiger charge is -2.27. The molecule has 5 heteroatoms. The second-order valence-corrected chi connectivity index (χ2v) is 8.55. The van der Waals surface area contributed by atoms with Crippen LogP contribution in [0.25, 0.3) is 16.7 Å². The van der Waals surface area contributed by atoms with Crippen LogP contribution in [0.5, 0.6) is 11.5 Å². The van der Waals surface area contributed by atoms with Gasteiger partial charge in [0.2, 0.25) is 0 Å². The Balaban J connectivity index is 2.29. The summed E-state index contributed by atoms with van der Waals surface area (Å²) in [5, 5.41) is 29.4. The van der Waals surface area contributed by atoms with Crippen molar-refractivity contribution in [1.82, 2.24) is 15.0 Å². The van der Waals surface area contributed by atoms with Crippen LogP contribution in [0.15, 0.2) is 30.3 Å². The van der Waals surface area contributed by atoms with Crippen LogP contribution < -0.4 is 0 Å². The quantitative estimate of drug-likeness (QED) is 0.688. The SMILES string of the molecule is CC(C)(C)c1cc(-n2nc3ccc(O)cc3n2)c(O)c(C(C)(C)C)c1. The highest BCUT2D eigenvalue weighted by Crippen LogP contribution is 2.39.